The highest BCUT2D eigenvalue weighted by Crippen LogP contribution is 2.28. The van der Waals surface area contributed by atoms with Crippen LogP contribution < -0.4 is 5.32 Å². The standard InChI is InChI=1S/C14H13BrN4S2/c1-9-2-4-10(5-3-9)16-13-17-14(19-18-13)20-8-11-6-7-12(15)21-11/h2-7H,8H2,1H3,(H2,16,17,18,19). The highest BCUT2D eigenvalue weighted by atomic mass is 79.9. The van der Waals surface area contributed by atoms with Crippen molar-refractivity contribution in [3.05, 3.63) is 50.6 Å². The van der Waals surface area contributed by atoms with E-state index in [1.807, 2.05) is 12.1 Å². The molecule has 0 saturated carbocycles. The maximum atomic E-state index is 4.43. The molecule has 0 radical (unpaired) electrons. The SMILES string of the molecule is Cc1ccc(Nc2nc(SCc3ccc(Br)s3)n[nH]2)cc1. The number of halogens is 1. The van der Waals surface area contributed by atoms with Crippen molar-refractivity contribution >= 4 is 50.7 Å². The molecule has 0 aliphatic heterocycles. The summed E-state index contributed by atoms with van der Waals surface area (Å²) in [5, 5.41) is 11.1. The summed E-state index contributed by atoms with van der Waals surface area (Å²) in [5.41, 5.74) is 2.23. The van der Waals surface area contributed by atoms with Crippen molar-refractivity contribution < 1.29 is 0 Å². The van der Waals surface area contributed by atoms with E-state index in [9.17, 15) is 0 Å². The maximum Gasteiger partial charge on any atom is 0.223 e. The first-order valence-corrected chi connectivity index (χ1v) is 8.92. The highest BCUT2D eigenvalue weighted by molar-refractivity contribution is 9.11. The van der Waals surface area contributed by atoms with Gasteiger partial charge in [-0.25, -0.2) is 5.10 Å². The van der Waals surface area contributed by atoms with Crippen LogP contribution in [0.5, 0.6) is 0 Å². The van der Waals surface area contributed by atoms with E-state index in [1.54, 1.807) is 23.1 Å². The Labute approximate surface area is 139 Å². The summed E-state index contributed by atoms with van der Waals surface area (Å²) in [6.45, 7) is 2.07. The topological polar surface area (TPSA) is 53.6 Å². The second-order valence-corrected chi connectivity index (χ2v) is 7.94. The van der Waals surface area contributed by atoms with Gasteiger partial charge in [0.15, 0.2) is 0 Å². The average molecular weight is 381 g/mol. The lowest BCUT2D eigenvalue weighted by atomic mass is 10.2. The number of hydrogen-bond donors (Lipinski definition) is 2. The molecule has 3 aromatic rings. The number of rotatable bonds is 5. The summed E-state index contributed by atoms with van der Waals surface area (Å²) in [4.78, 5) is 5.72. The van der Waals surface area contributed by atoms with Gasteiger partial charge in [-0.1, -0.05) is 29.5 Å². The number of thiophene rings is 1. The maximum absolute atomic E-state index is 4.43. The number of anilines is 2. The Bertz CT molecular complexity index is 721. The fourth-order valence-corrected chi connectivity index (χ4v) is 4.03. The molecule has 0 amide bonds. The molecule has 2 N–H and O–H groups in total. The van der Waals surface area contributed by atoms with Gasteiger partial charge in [-0.2, -0.15) is 4.98 Å². The van der Waals surface area contributed by atoms with E-state index < -0.39 is 0 Å². The highest BCUT2D eigenvalue weighted by Gasteiger charge is 2.06. The molecule has 0 bridgehead atoms. The van der Waals surface area contributed by atoms with E-state index in [0.717, 1.165) is 20.4 Å². The van der Waals surface area contributed by atoms with Crippen molar-refractivity contribution in [2.75, 3.05) is 5.32 Å². The molecule has 0 saturated heterocycles. The predicted octanol–water partition coefficient (Wildman–Crippen LogP) is 4.97. The number of aromatic nitrogens is 3. The molecule has 0 atom stereocenters. The first-order valence-electron chi connectivity index (χ1n) is 6.32. The van der Waals surface area contributed by atoms with Crippen LogP contribution in [0.1, 0.15) is 10.4 Å². The van der Waals surface area contributed by atoms with Crippen LogP contribution in [0.2, 0.25) is 0 Å². The third kappa shape index (κ3) is 4.09. The van der Waals surface area contributed by atoms with Gasteiger partial charge in [0.25, 0.3) is 0 Å². The Balaban J connectivity index is 1.59. The number of thioether (sulfide) groups is 1. The van der Waals surface area contributed by atoms with E-state index in [0.29, 0.717) is 5.95 Å². The van der Waals surface area contributed by atoms with Crippen LogP contribution >= 0.6 is 39.0 Å². The molecule has 1 aromatic carbocycles. The molecule has 0 spiro atoms. The zero-order valence-corrected chi connectivity index (χ0v) is 14.5. The van der Waals surface area contributed by atoms with Crippen molar-refractivity contribution in [3.63, 3.8) is 0 Å². The minimum atomic E-state index is 0.661. The lowest BCUT2D eigenvalue weighted by Gasteiger charge is -2.01. The minimum absolute atomic E-state index is 0.661. The van der Waals surface area contributed by atoms with Gasteiger partial charge in [-0.3, -0.25) is 0 Å². The molecular formula is C14H13BrN4S2. The van der Waals surface area contributed by atoms with Gasteiger partial charge in [0.1, 0.15) is 0 Å². The van der Waals surface area contributed by atoms with Crippen LogP contribution in [0.15, 0.2) is 45.3 Å². The molecule has 2 aromatic heterocycles. The largest absolute Gasteiger partial charge is 0.325 e. The zero-order valence-electron chi connectivity index (χ0n) is 11.3. The third-order valence-electron chi connectivity index (χ3n) is 2.75. The number of nitrogens with one attached hydrogen (secondary N) is 2. The molecule has 0 unspecified atom stereocenters. The van der Waals surface area contributed by atoms with Crippen molar-refractivity contribution in [2.45, 2.75) is 17.8 Å². The van der Waals surface area contributed by atoms with Gasteiger partial charge in [-0.05, 0) is 47.1 Å². The Kier molecular flexibility index (Phi) is 4.62. The van der Waals surface area contributed by atoms with Gasteiger partial charge < -0.3 is 5.32 Å². The van der Waals surface area contributed by atoms with Crippen molar-refractivity contribution in [1.82, 2.24) is 15.2 Å². The summed E-state index contributed by atoms with van der Waals surface area (Å²) < 4.78 is 1.15. The van der Waals surface area contributed by atoms with E-state index in [2.05, 4.69) is 67.6 Å². The average Bonchev–Trinajstić information content (AvgIpc) is 3.08. The molecule has 7 heteroatoms. The summed E-state index contributed by atoms with van der Waals surface area (Å²) >= 11 is 6.82. The zero-order chi connectivity index (χ0) is 14.7. The molecule has 0 fully saturated rings. The molecule has 0 aliphatic rings. The Morgan fingerprint density at radius 1 is 1.24 bits per heavy atom. The fourth-order valence-electron chi connectivity index (χ4n) is 1.71. The second kappa shape index (κ2) is 6.64. The van der Waals surface area contributed by atoms with Crippen LogP contribution in [0, 0.1) is 6.92 Å². The number of H-pyrrole nitrogens is 1. The lowest BCUT2D eigenvalue weighted by Crippen LogP contribution is -1.92. The Morgan fingerprint density at radius 2 is 2.05 bits per heavy atom. The molecular weight excluding hydrogens is 368 g/mol. The number of aryl methyl sites for hydroxylation is 1. The van der Waals surface area contributed by atoms with Gasteiger partial charge in [0.05, 0.1) is 3.79 Å². The first-order chi connectivity index (χ1) is 10.2. The smallest absolute Gasteiger partial charge is 0.223 e. The van der Waals surface area contributed by atoms with Gasteiger partial charge in [-0.15, -0.1) is 16.4 Å². The van der Waals surface area contributed by atoms with Gasteiger partial charge in [0.2, 0.25) is 11.1 Å². The summed E-state index contributed by atoms with van der Waals surface area (Å²) in [7, 11) is 0. The summed E-state index contributed by atoms with van der Waals surface area (Å²) in [5.74, 6) is 1.53. The van der Waals surface area contributed by atoms with E-state index in [4.69, 9.17) is 0 Å². The fraction of sp³-hybridized carbons (Fsp3) is 0.143. The summed E-state index contributed by atoms with van der Waals surface area (Å²) in [6.07, 6.45) is 0. The van der Waals surface area contributed by atoms with Crippen molar-refractivity contribution in [3.8, 4) is 0 Å². The van der Waals surface area contributed by atoms with Crippen LogP contribution in [0.4, 0.5) is 11.6 Å². The lowest BCUT2D eigenvalue weighted by molar-refractivity contribution is 0.973. The molecule has 3 rings (SSSR count). The summed E-state index contributed by atoms with van der Waals surface area (Å²) in [6, 6.07) is 12.3. The van der Waals surface area contributed by atoms with Crippen molar-refractivity contribution in [2.24, 2.45) is 0 Å². The van der Waals surface area contributed by atoms with E-state index in [-0.39, 0.29) is 0 Å². The Morgan fingerprint density at radius 3 is 2.76 bits per heavy atom. The minimum Gasteiger partial charge on any atom is -0.325 e. The molecule has 108 valence electrons. The Hall–Kier alpha value is -1.31. The first kappa shape index (κ1) is 14.6. The van der Waals surface area contributed by atoms with Crippen LogP contribution in [0.3, 0.4) is 0 Å². The van der Waals surface area contributed by atoms with Crippen LogP contribution in [-0.4, -0.2) is 15.2 Å². The second-order valence-electron chi connectivity index (χ2n) is 4.45. The van der Waals surface area contributed by atoms with Gasteiger partial charge in [0, 0.05) is 16.3 Å². The molecule has 2 heterocycles. The van der Waals surface area contributed by atoms with Crippen molar-refractivity contribution in [1.29, 1.82) is 0 Å². The number of nitrogens with zero attached hydrogens (tertiary/aromatic N) is 2. The normalized spacial score (nSPS) is 10.8. The van der Waals surface area contributed by atoms with Crippen LogP contribution in [0.25, 0.3) is 0 Å². The quantitative estimate of drug-likeness (QED) is 0.613. The molecule has 0 aliphatic carbocycles. The van der Waals surface area contributed by atoms with E-state index >= 15 is 0 Å². The monoisotopic (exact) mass is 380 g/mol. The number of benzene rings is 1. The third-order valence-corrected chi connectivity index (χ3v) is 5.45. The van der Waals surface area contributed by atoms with Gasteiger partial charge >= 0.3 is 0 Å². The molecule has 21 heavy (non-hydrogen) atoms. The van der Waals surface area contributed by atoms with E-state index in [1.165, 1.54) is 10.4 Å². The predicted molar refractivity (Wildman–Crippen MR) is 92.4 cm³/mol. The molecule has 4 nitrogen and oxygen atoms in total. The number of aromatic amines is 1. The van der Waals surface area contributed by atoms with Crippen LogP contribution in [-0.2, 0) is 5.75 Å². The number of hydrogen-bond acceptors (Lipinski definition) is 5.